The zero-order chi connectivity index (χ0) is 17.4. The topological polar surface area (TPSA) is 51.3 Å². The maximum atomic E-state index is 4.62. The summed E-state index contributed by atoms with van der Waals surface area (Å²) in [6, 6.07) is 6.41. The van der Waals surface area contributed by atoms with Crippen molar-refractivity contribution < 1.29 is 4.90 Å². The maximum absolute atomic E-state index is 4.62. The molecule has 1 aromatic carbocycles. The van der Waals surface area contributed by atoms with Crippen LogP contribution in [0.4, 0.5) is 5.82 Å². The molecule has 4 rings (SSSR count). The number of rotatable bonds is 3. The van der Waals surface area contributed by atoms with E-state index in [1.54, 1.807) is 11.2 Å². The normalized spacial score (nSPS) is 15.9. The van der Waals surface area contributed by atoms with E-state index in [1.165, 1.54) is 17.7 Å². The molecule has 1 saturated heterocycles. The van der Waals surface area contributed by atoms with Gasteiger partial charge in [-0.05, 0) is 32.4 Å². The van der Waals surface area contributed by atoms with Crippen LogP contribution in [0.15, 0.2) is 30.7 Å². The van der Waals surface area contributed by atoms with Gasteiger partial charge in [-0.15, -0.1) is 0 Å². The molecule has 3 aromatic rings. The number of benzene rings is 1. The Labute approximate surface area is 148 Å². The number of anilines is 1. The molecule has 6 heteroatoms. The fraction of sp³-hybridized carbons (Fsp3) is 0.421. The summed E-state index contributed by atoms with van der Waals surface area (Å²) >= 11 is 0. The highest BCUT2D eigenvalue weighted by molar-refractivity contribution is 5.87. The average Bonchev–Trinajstić information content (AvgIpc) is 3.06. The Kier molecular flexibility index (Phi) is 4.13. The van der Waals surface area contributed by atoms with Crippen LogP contribution in [0, 0.1) is 13.8 Å². The van der Waals surface area contributed by atoms with Crippen molar-refractivity contribution in [2.75, 3.05) is 37.6 Å². The summed E-state index contributed by atoms with van der Waals surface area (Å²) in [6.07, 6.45) is 3.57. The van der Waals surface area contributed by atoms with Crippen LogP contribution >= 0.6 is 0 Å². The average molecular weight is 337 g/mol. The summed E-state index contributed by atoms with van der Waals surface area (Å²) in [6.45, 7) is 12.1. The van der Waals surface area contributed by atoms with Crippen molar-refractivity contribution >= 4 is 16.9 Å². The van der Waals surface area contributed by atoms with Crippen LogP contribution in [0.1, 0.15) is 18.1 Å². The number of aromatic nitrogens is 4. The zero-order valence-corrected chi connectivity index (χ0v) is 15.2. The molecule has 0 saturated carbocycles. The van der Waals surface area contributed by atoms with Gasteiger partial charge in [0.25, 0.3) is 0 Å². The van der Waals surface area contributed by atoms with E-state index in [1.807, 2.05) is 10.9 Å². The summed E-state index contributed by atoms with van der Waals surface area (Å²) in [5.41, 5.74) is 4.40. The van der Waals surface area contributed by atoms with Gasteiger partial charge in [-0.25, -0.2) is 14.6 Å². The van der Waals surface area contributed by atoms with E-state index in [-0.39, 0.29) is 0 Å². The van der Waals surface area contributed by atoms with Gasteiger partial charge in [-0.1, -0.05) is 17.7 Å². The summed E-state index contributed by atoms with van der Waals surface area (Å²) < 4.78 is 1.93. The first-order valence-electron chi connectivity index (χ1n) is 9.02. The van der Waals surface area contributed by atoms with Crippen LogP contribution in [0.5, 0.6) is 0 Å². The van der Waals surface area contributed by atoms with Crippen molar-refractivity contribution in [2.24, 2.45) is 0 Å². The molecule has 0 unspecified atom stereocenters. The molecule has 0 radical (unpaired) electrons. The number of fused-ring (bicyclic) bond motifs is 1. The molecule has 0 spiro atoms. The van der Waals surface area contributed by atoms with Crippen molar-refractivity contribution in [3.63, 3.8) is 0 Å². The molecule has 0 amide bonds. The highest BCUT2D eigenvalue weighted by atomic mass is 15.3. The predicted octanol–water partition coefficient (Wildman–Crippen LogP) is 1.16. The molecule has 25 heavy (non-hydrogen) atoms. The number of quaternary nitrogens is 1. The van der Waals surface area contributed by atoms with E-state index in [4.69, 9.17) is 0 Å². The minimum atomic E-state index is 0.877. The Morgan fingerprint density at radius 3 is 2.64 bits per heavy atom. The number of nitrogens with zero attached hydrogens (tertiary/aromatic N) is 5. The lowest BCUT2D eigenvalue weighted by Crippen LogP contribution is -3.14. The minimum Gasteiger partial charge on any atom is -0.345 e. The molecule has 3 heterocycles. The molecule has 2 aromatic heterocycles. The monoisotopic (exact) mass is 337 g/mol. The van der Waals surface area contributed by atoms with Gasteiger partial charge in [-0.2, -0.15) is 5.10 Å². The number of piperazine rings is 1. The lowest BCUT2D eigenvalue weighted by molar-refractivity contribution is -0.898. The number of hydrogen-bond acceptors (Lipinski definition) is 4. The van der Waals surface area contributed by atoms with Crippen LogP contribution in [-0.4, -0.2) is 52.5 Å². The third-order valence-corrected chi connectivity index (χ3v) is 5.20. The van der Waals surface area contributed by atoms with Crippen molar-refractivity contribution in [3.8, 4) is 5.69 Å². The molecule has 1 aliphatic rings. The van der Waals surface area contributed by atoms with E-state index in [9.17, 15) is 0 Å². The van der Waals surface area contributed by atoms with E-state index >= 15 is 0 Å². The lowest BCUT2D eigenvalue weighted by Gasteiger charge is -2.32. The fourth-order valence-electron chi connectivity index (χ4n) is 3.69. The van der Waals surface area contributed by atoms with Crippen LogP contribution in [0.25, 0.3) is 16.7 Å². The summed E-state index contributed by atoms with van der Waals surface area (Å²) in [7, 11) is 0. The number of nitrogens with one attached hydrogen (secondary N) is 1. The largest absolute Gasteiger partial charge is 0.345 e. The Balaban J connectivity index is 1.74. The molecular weight excluding hydrogens is 312 g/mol. The first-order chi connectivity index (χ1) is 12.2. The molecule has 0 bridgehead atoms. The molecule has 1 aliphatic heterocycles. The molecule has 0 aliphatic carbocycles. The van der Waals surface area contributed by atoms with E-state index < -0.39 is 0 Å². The van der Waals surface area contributed by atoms with Gasteiger partial charge in [0, 0.05) is 0 Å². The quantitative estimate of drug-likeness (QED) is 0.779. The van der Waals surface area contributed by atoms with Gasteiger partial charge >= 0.3 is 0 Å². The number of hydrogen-bond donors (Lipinski definition) is 1. The van der Waals surface area contributed by atoms with E-state index in [0.717, 1.165) is 48.7 Å². The summed E-state index contributed by atoms with van der Waals surface area (Å²) in [4.78, 5) is 13.1. The highest BCUT2D eigenvalue weighted by Crippen LogP contribution is 2.26. The van der Waals surface area contributed by atoms with Gasteiger partial charge < -0.3 is 9.80 Å². The third-order valence-electron chi connectivity index (χ3n) is 5.20. The standard InChI is InChI=1S/C19H24N6/c1-4-23-7-9-24(10-8-23)18-16-12-22-25(19(16)21-13-20-18)17-6-5-14(2)11-15(17)3/h5-6,11-13H,4,7-10H2,1-3H3/p+1. The van der Waals surface area contributed by atoms with Gasteiger partial charge in [0.15, 0.2) is 5.65 Å². The van der Waals surface area contributed by atoms with Crippen LogP contribution in [0.2, 0.25) is 0 Å². The SMILES string of the molecule is CC[NH+]1CCN(c2ncnc3c2cnn3-c2ccc(C)cc2C)CC1. The number of aryl methyl sites for hydroxylation is 2. The molecule has 0 atom stereocenters. The smallest absolute Gasteiger partial charge is 0.168 e. The second kappa shape index (κ2) is 6.44. The second-order valence-corrected chi connectivity index (χ2v) is 6.87. The van der Waals surface area contributed by atoms with E-state index in [2.05, 4.69) is 58.9 Å². The van der Waals surface area contributed by atoms with E-state index in [0.29, 0.717) is 0 Å². The van der Waals surface area contributed by atoms with Crippen molar-refractivity contribution in [1.82, 2.24) is 19.7 Å². The van der Waals surface area contributed by atoms with Gasteiger partial charge in [-0.3, -0.25) is 0 Å². The van der Waals surface area contributed by atoms with Crippen LogP contribution in [-0.2, 0) is 0 Å². The first kappa shape index (κ1) is 16.0. The highest BCUT2D eigenvalue weighted by Gasteiger charge is 2.22. The maximum Gasteiger partial charge on any atom is 0.168 e. The summed E-state index contributed by atoms with van der Waals surface area (Å²) in [5.74, 6) is 1.01. The Hall–Kier alpha value is -2.47. The molecule has 1 N–H and O–H groups in total. The first-order valence-corrected chi connectivity index (χ1v) is 9.02. The van der Waals surface area contributed by atoms with Crippen molar-refractivity contribution in [3.05, 3.63) is 41.9 Å². The predicted molar refractivity (Wildman–Crippen MR) is 99.6 cm³/mol. The summed E-state index contributed by atoms with van der Waals surface area (Å²) in [5, 5.41) is 5.65. The van der Waals surface area contributed by atoms with Gasteiger partial charge in [0.05, 0.1) is 50.0 Å². The Morgan fingerprint density at radius 2 is 1.92 bits per heavy atom. The second-order valence-electron chi connectivity index (χ2n) is 6.87. The fourth-order valence-corrected chi connectivity index (χ4v) is 3.69. The van der Waals surface area contributed by atoms with Crippen molar-refractivity contribution in [1.29, 1.82) is 0 Å². The van der Waals surface area contributed by atoms with Crippen LogP contribution in [0.3, 0.4) is 0 Å². The van der Waals surface area contributed by atoms with Gasteiger partial charge in [0.2, 0.25) is 0 Å². The minimum absolute atomic E-state index is 0.877. The van der Waals surface area contributed by atoms with Crippen molar-refractivity contribution in [2.45, 2.75) is 20.8 Å². The lowest BCUT2D eigenvalue weighted by atomic mass is 10.1. The zero-order valence-electron chi connectivity index (χ0n) is 15.2. The molecule has 1 fully saturated rings. The Morgan fingerprint density at radius 1 is 1.12 bits per heavy atom. The van der Waals surface area contributed by atoms with Gasteiger partial charge in [0.1, 0.15) is 12.1 Å². The molecule has 130 valence electrons. The molecular formula is C19H25N6+. The Bertz CT molecular complexity index is 892. The van der Waals surface area contributed by atoms with Crippen LogP contribution < -0.4 is 9.80 Å². The molecule has 6 nitrogen and oxygen atoms in total. The third kappa shape index (κ3) is 2.87. The number of likely N-dealkylation sites (N-methyl/N-ethyl adjacent to an activating group) is 1.